The minimum absolute atomic E-state index is 0.0213. The van der Waals surface area contributed by atoms with Gasteiger partial charge in [0, 0.05) is 28.4 Å². The summed E-state index contributed by atoms with van der Waals surface area (Å²) in [6.45, 7) is 4.55. The summed E-state index contributed by atoms with van der Waals surface area (Å²) in [7, 11) is 0. The van der Waals surface area contributed by atoms with Gasteiger partial charge in [0.05, 0.1) is 28.3 Å². The van der Waals surface area contributed by atoms with Crippen LogP contribution in [0.5, 0.6) is 17.4 Å². The largest absolute Gasteiger partial charge is 0.475 e. The van der Waals surface area contributed by atoms with E-state index in [1.807, 2.05) is 0 Å². The molecule has 2 heterocycles. The van der Waals surface area contributed by atoms with Gasteiger partial charge < -0.3 is 29.8 Å². The van der Waals surface area contributed by atoms with Crippen LogP contribution in [0.3, 0.4) is 0 Å². The molecule has 0 spiro atoms. The van der Waals surface area contributed by atoms with Crippen LogP contribution in [0, 0.1) is 12.7 Å². The van der Waals surface area contributed by atoms with Gasteiger partial charge in [-0.15, -0.1) is 10.2 Å². The quantitative estimate of drug-likeness (QED) is 0.230. The second-order valence-electron chi connectivity index (χ2n) is 9.11. The fourth-order valence-corrected chi connectivity index (χ4v) is 3.79. The first-order valence-electron chi connectivity index (χ1n) is 11.4. The minimum Gasteiger partial charge on any atom is -0.475 e. The lowest BCUT2D eigenvalue weighted by atomic mass is 10.0. The molecule has 4 N–H and O–H groups in total. The molecule has 1 atom stereocenters. The SMILES string of the molecule is Cc1nc(OC[C@H](O)C(C)(C)O)ccc1-c1nnc(Cc2ccc(Cl)c(Oc3cc(N)cc(Cl)c3)c2F)o1. The number of aryl methyl sites for hydroxylation is 1. The molecule has 200 valence electrons. The maximum Gasteiger partial charge on any atom is 0.249 e. The number of aromatic nitrogens is 3. The van der Waals surface area contributed by atoms with Gasteiger partial charge in [0.1, 0.15) is 18.5 Å². The molecule has 0 aliphatic carbocycles. The molecule has 0 aliphatic rings. The summed E-state index contributed by atoms with van der Waals surface area (Å²) in [5.41, 5.74) is 6.14. The molecular weight excluding hydrogens is 538 g/mol. The number of ether oxygens (including phenoxy) is 2. The number of anilines is 1. The van der Waals surface area contributed by atoms with Gasteiger partial charge in [0.25, 0.3) is 0 Å². The molecular formula is C26H25Cl2FN4O5. The molecule has 12 heteroatoms. The van der Waals surface area contributed by atoms with E-state index in [4.69, 9.17) is 42.8 Å². The van der Waals surface area contributed by atoms with E-state index in [1.165, 1.54) is 44.2 Å². The average Bonchev–Trinajstić information content (AvgIpc) is 3.29. The Balaban J connectivity index is 1.50. The van der Waals surface area contributed by atoms with Gasteiger partial charge in [-0.3, -0.25) is 0 Å². The normalized spacial score (nSPS) is 12.4. The topological polar surface area (TPSA) is 137 Å². The van der Waals surface area contributed by atoms with E-state index in [0.717, 1.165) is 0 Å². The maximum atomic E-state index is 15.3. The third-order valence-electron chi connectivity index (χ3n) is 5.55. The Morgan fingerprint density at radius 2 is 1.89 bits per heavy atom. The lowest BCUT2D eigenvalue weighted by Gasteiger charge is -2.24. The van der Waals surface area contributed by atoms with Crippen LogP contribution in [-0.2, 0) is 6.42 Å². The van der Waals surface area contributed by atoms with Crippen LogP contribution < -0.4 is 15.2 Å². The summed E-state index contributed by atoms with van der Waals surface area (Å²) in [6.07, 6.45) is -1.11. The number of nitrogens with zero attached hydrogens (tertiary/aromatic N) is 3. The number of nitrogen functional groups attached to an aromatic ring is 1. The Kier molecular flexibility index (Phi) is 8.08. The zero-order valence-corrected chi connectivity index (χ0v) is 22.2. The lowest BCUT2D eigenvalue weighted by molar-refractivity contribution is -0.0667. The third kappa shape index (κ3) is 6.51. The smallest absolute Gasteiger partial charge is 0.249 e. The summed E-state index contributed by atoms with van der Waals surface area (Å²) < 4.78 is 32.2. The van der Waals surface area contributed by atoms with Crippen molar-refractivity contribution < 1.29 is 28.5 Å². The number of rotatable bonds is 9. The molecule has 0 amide bonds. The highest BCUT2D eigenvalue weighted by Crippen LogP contribution is 2.36. The zero-order chi connectivity index (χ0) is 27.6. The van der Waals surface area contributed by atoms with Gasteiger partial charge in [0.15, 0.2) is 11.6 Å². The Hall–Kier alpha value is -3.44. The van der Waals surface area contributed by atoms with E-state index in [2.05, 4.69) is 15.2 Å². The van der Waals surface area contributed by atoms with E-state index in [-0.39, 0.29) is 52.8 Å². The number of benzene rings is 2. The van der Waals surface area contributed by atoms with Crippen LogP contribution in [0.25, 0.3) is 11.5 Å². The minimum atomic E-state index is -1.31. The number of nitrogens with two attached hydrogens (primary N) is 1. The molecule has 38 heavy (non-hydrogen) atoms. The summed E-state index contributed by atoms with van der Waals surface area (Å²) in [5.74, 6) is -0.0376. The first-order valence-corrected chi connectivity index (χ1v) is 12.2. The van der Waals surface area contributed by atoms with Gasteiger partial charge in [-0.25, -0.2) is 9.37 Å². The first-order chi connectivity index (χ1) is 17.9. The van der Waals surface area contributed by atoms with Crippen LogP contribution in [0.15, 0.2) is 46.9 Å². The van der Waals surface area contributed by atoms with Crippen molar-refractivity contribution in [2.75, 3.05) is 12.3 Å². The monoisotopic (exact) mass is 562 g/mol. The molecule has 0 bridgehead atoms. The predicted molar refractivity (Wildman–Crippen MR) is 140 cm³/mol. The number of pyridine rings is 1. The van der Waals surface area contributed by atoms with Crippen molar-refractivity contribution in [1.82, 2.24) is 15.2 Å². The molecule has 9 nitrogen and oxygen atoms in total. The number of aliphatic hydroxyl groups is 2. The van der Waals surface area contributed by atoms with E-state index in [0.29, 0.717) is 22.0 Å². The maximum absolute atomic E-state index is 15.3. The molecule has 2 aromatic carbocycles. The van der Waals surface area contributed by atoms with Gasteiger partial charge in [-0.2, -0.15) is 0 Å². The average molecular weight is 563 g/mol. The van der Waals surface area contributed by atoms with Crippen molar-refractivity contribution in [2.45, 2.75) is 38.9 Å². The van der Waals surface area contributed by atoms with E-state index in [9.17, 15) is 10.2 Å². The van der Waals surface area contributed by atoms with E-state index < -0.39 is 17.5 Å². The highest BCUT2D eigenvalue weighted by molar-refractivity contribution is 6.32. The Morgan fingerprint density at radius 1 is 1.13 bits per heavy atom. The summed E-state index contributed by atoms with van der Waals surface area (Å²) in [4.78, 5) is 4.33. The van der Waals surface area contributed by atoms with Crippen LogP contribution in [0.1, 0.15) is 31.0 Å². The molecule has 0 fully saturated rings. The molecule has 4 rings (SSSR count). The van der Waals surface area contributed by atoms with Crippen molar-refractivity contribution >= 4 is 28.9 Å². The van der Waals surface area contributed by atoms with Gasteiger partial charge in [0.2, 0.25) is 17.7 Å². The van der Waals surface area contributed by atoms with Crippen LogP contribution >= 0.6 is 23.2 Å². The third-order valence-corrected chi connectivity index (χ3v) is 6.06. The molecule has 0 aliphatic heterocycles. The van der Waals surface area contributed by atoms with Crippen LogP contribution in [0.2, 0.25) is 10.0 Å². The predicted octanol–water partition coefficient (Wildman–Crippen LogP) is 5.36. The van der Waals surface area contributed by atoms with Crippen molar-refractivity contribution in [3.05, 3.63) is 75.5 Å². The first kappa shape index (κ1) is 27.6. The van der Waals surface area contributed by atoms with Gasteiger partial charge in [-0.05, 0) is 45.0 Å². The van der Waals surface area contributed by atoms with E-state index >= 15 is 4.39 Å². The number of hydrogen-bond donors (Lipinski definition) is 3. The van der Waals surface area contributed by atoms with E-state index in [1.54, 1.807) is 19.1 Å². The highest BCUT2D eigenvalue weighted by atomic mass is 35.5. The van der Waals surface area contributed by atoms with Crippen molar-refractivity contribution in [2.24, 2.45) is 0 Å². The fourth-order valence-electron chi connectivity index (χ4n) is 3.37. The molecule has 4 aromatic rings. The zero-order valence-electron chi connectivity index (χ0n) is 20.7. The highest BCUT2D eigenvalue weighted by Gasteiger charge is 2.25. The van der Waals surface area contributed by atoms with Crippen molar-refractivity contribution in [3.8, 4) is 28.8 Å². The van der Waals surface area contributed by atoms with Crippen molar-refractivity contribution in [3.63, 3.8) is 0 Å². The number of hydrogen-bond acceptors (Lipinski definition) is 9. The van der Waals surface area contributed by atoms with Crippen LogP contribution in [0.4, 0.5) is 10.1 Å². The molecule has 2 aromatic heterocycles. The summed E-state index contributed by atoms with van der Waals surface area (Å²) in [5, 5.41) is 28.2. The molecule has 0 unspecified atom stereocenters. The fraction of sp³-hybridized carbons (Fsp3) is 0.269. The lowest BCUT2D eigenvalue weighted by Crippen LogP contribution is -2.40. The number of halogens is 3. The molecule has 0 saturated heterocycles. The second-order valence-corrected chi connectivity index (χ2v) is 9.96. The summed E-state index contributed by atoms with van der Waals surface area (Å²) in [6, 6.07) is 10.8. The standard InChI is InChI=1S/C26H25Cl2FN4O5/c1-13-18(5-7-21(31-13)36-12-20(34)26(2,3)35)25-33-32-22(38-25)8-14-4-6-19(28)24(23(14)29)37-17-10-15(27)9-16(30)11-17/h4-7,9-11,20,34-35H,8,12,30H2,1-3H3/t20-/m0/s1. The molecule has 0 radical (unpaired) electrons. The molecule has 0 saturated carbocycles. The van der Waals surface area contributed by atoms with Crippen LogP contribution in [-0.4, -0.2) is 43.7 Å². The summed E-state index contributed by atoms with van der Waals surface area (Å²) >= 11 is 12.2. The van der Waals surface area contributed by atoms with Gasteiger partial charge >= 0.3 is 0 Å². The Labute approximate surface area is 228 Å². The Morgan fingerprint density at radius 3 is 2.58 bits per heavy atom. The Bertz CT molecular complexity index is 1440. The van der Waals surface area contributed by atoms with Gasteiger partial charge in [-0.1, -0.05) is 29.3 Å². The van der Waals surface area contributed by atoms with Crippen molar-refractivity contribution in [1.29, 1.82) is 0 Å². The number of aliphatic hydroxyl groups excluding tert-OH is 1. The second kappa shape index (κ2) is 11.1.